The van der Waals surface area contributed by atoms with E-state index >= 15 is 0 Å². The lowest BCUT2D eigenvalue weighted by atomic mass is 10.1. The monoisotopic (exact) mass is 368 g/mol. The number of nitrogens with zero attached hydrogens (tertiary/aromatic N) is 3. The molecule has 2 aliphatic heterocycles. The standard InChI is InChI=1S/C12H24N4O.HI/c1-13-12(14-2)16-6-4-15(5-7-16)9-11-3-8-17-10-11;/h11H,3-10H2,1-2H3,(H,13,14);1H. The Morgan fingerprint density at radius 2 is 2.06 bits per heavy atom. The number of hydrogen-bond acceptors (Lipinski definition) is 3. The predicted molar refractivity (Wildman–Crippen MR) is 84.8 cm³/mol. The molecule has 6 heteroatoms. The summed E-state index contributed by atoms with van der Waals surface area (Å²) in [7, 11) is 3.78. The molecule has 0 radical (unpaired) electrons. The summed E-state index contributed by atoms with van der Waals surface area (Å²) >= 11 is 0. The van der Waals surface area contributed by atoms with Crippen LogP contribution in [0.2, 0.25) is 0 Å². The Bertz CT molecular complexity index is 261. The number of halogens is 1. The van der Waals surface area contributed by atoms with Gasteiger partial charge in [-0.3, -0.25) is 9.89 Å². The molecule has 0 bridgehead atoms. The molecule has 18 heavy (non-hydrogen) atoms. The Balaban J connectivity index is 0.00000162. The molecule has 0 saturated carbocycles. The van der Waals surface area contributed by atoms with Crippen LogP contribution in [0.4, 0.5) is 0 Å². The third-order valence-electron chi connectivity index (χ3n) is 3.65. The number of guanidine groups is 1. The Morgan fingerprint density at radius 3 is 2.56 bits per heavy atom. The van der Waals surface area contributed by atoms with Gasteiger partial charge in [0.15, 0.2) is 5.96 Å². The number of piperazine rings is 1. The summed E-state index contributed by atoms with van der Waals surface area (Å²) in [4.78, 5) is 9.13. The van der Waals surface area contributed by atoms with Crippen molar-refractivity contribution in [2.75, 3.05) is 60.0 Å². The van der Waals surface area contributed by atoms with Gasteiger partial charge in [-0.15, -0.1) is 24.0 Å². The maximum atomic E-state index is 5.43. The van der Waals surface area contributed by atoms with Crippen LogP contribution in [0.1, 0.15) is 6.42 Å². The SMILES string of the molecule is CN=C(NC)N1CCN(CC2CCOC2)CC1.I. The van der Waals surface area contributed by atoms with Gasteiger partial charge in [-0.25, -0.2) is 0 Å². The molecule has 0 aromatic heterocycles. The minimum absolute atomic E-state index is 0. The summed E-state index contributed by atoms with van der Waals surface area (Å²) in [5.41, 5.74) is 0. The summed E-state index contributed by atoms with van der Waals surface area (Å²) < 4.78 is 5.43. The van der Waals surface area contributed by atoms with Crippen LogP contribution in [0.5, 0.6) is 0 Å². The lowest BCUT2D eigenvalue weighted by Crippen LogP contribution is -2.52. The van der Waals surface area contributed by atoms with Gasteiger partial charge in [0.05, 0.1) is 6.61 Å². The average molecular weight is 368 g/mol. The molecule has 0 aliphatic carbocycles. The highest BCUT2D eigenvalue weighted by atomic mass is 127. The maximum absolute atomic E-state index is 5.43. The van der Waals surface area contributed by atoms with E-state index in [1.807, 2.05) is 14.1 Å². The van der Waals surface area contributed by atoms with Crippen molar-refractivity contribution in [2.45, 2.75) is 6.42 Å². The van der Waals surface area contributed by atoms with E-state index in [-0.39, 0.29) is 24.0 Å². The third kappa shape index (κ3) is 4.24. The zero-order chi connectivity index (χ0) is 12.1. The van der Waals surface area contributed by atoms with Gasteiger partial charge in [0.1, 0.15) is 0 Å². The molecule has 2 saturated heterocycles. The number of nitrogens with one attached hydrogen (secondary N) is 1. The van der Waals surface area contributed by atoms with Gasteiger partial charge in [-0.05, 0) is 12.3 Å². The van der Waals surface area contributed by atoms with Crippen LogP contribution < -0.4 is 5.32 Å². The van der Waals surface area contributed by atoms with Crippen molar-refractivity contribution in [3.63, 3.8) is 0 Å². The lowest BCUT2D eigenvalue weighted by molar-refractivity contribution is 0.139. The molecule has 2 rings (SSSR count). The van der Waals surface area contributed by atoms with Crippen LogP contribution >= 0.6 is 24.0 Å². The summed E-state index contributed by atoms with van der Waals surface area (Å²) in [5.74, 6) is 1.76. The van der Waals surface area contributed by atoms with Crippen molar-refractivity contribution in [3.05, 3.63) is 0 Å². The normalized spacial score (nSPS) is 26.0. The maximum Gasteiger partial charge on any atom is 0.193 e. The Kier molecular flexibility index (Phi) is 7.25. The lowest BCUT2D eigenvalue weighted by Gasteiger charge is -2.37. The largest absolute Gasteiger partial charge is 0.381 e. The molecule has 0 spiro atoms. The van der Waals surface area contributed by atoms with Crippen LogP contribution in [-0.2, 0) is 4.74 Å². The zero-order valence-corrected chi connectivity index (χ0v) is 13.7. The minimum Gasteiger partial charge on any atom is -0.381 e. The van der Waals surface area contributed by atoms with Crippen LogP contribution in [0.15, 0.2) is 4.99 Å². The molecule has 2 fully saturated rings. The highest BCUT2D eigenvalue weighted by Gasteiger charge is 2.23. The van der Waals surface area contributed by atoms with Crippen molar-refractivity contribution in [2.24, 2.45) is 10.9 Å². The van der Waals surface area contributed by atoms with E-state index in [4.69, 9.17) is 4.74 Å². The number of ether oxygens (including phenoxy) is 1. The first-order valence-corrected chi connectivity index (χ1v) is 6.53. The Labute approximate surface area is 127 Å². The van der Waals surface area contributed by atoms with Crippen molar-refractivity contribution in [3.8, 4) is 0 Å². The fourth-order valence-electron chi connectivity index (χ4n) is 2.65. The van der Waals surface area contributed by atoms with Crippen LogP contribution in [0, 0.1) is 5.92 Å². The van der Waals surface area contributed by atoms with Crippen LogP contribution in [-0.4, -0.2) is 75.8 Å². The van der Waals surface area contributed by atoms with E-state index in [0.717, 1.165) is 51.3 Å². The minimum atomic E-state index is 0. The Morgan fingerprint density at radius 1 is 1.33 bits per heavy atom. The molecule has 1 N–H and O–H groups in total. The summed E-state index contributed by atoms with van der Waals surface area (Å²) in [6.07, 6.45) is 1.23. The molecule has 1 atom stereocenters. The molecule has 2 aliphatic rings. The Hall–Kier alpha value is -0.0800. The predicted octanol–water partition coefficient (Wildman–Crippen LogP) is 0.464. The van der Waals surface area contributed by atoms with Crippen molar-refractivity contribution in [1.82, 2.24) is 15.1 Å². The highest BCUT2D eigenvalue weighted by molar-refractivity contribution is 14.0. The van der Waals surface area contributed by atoms with Gasteiger partial charge in [-0.1, -0.05) is 0 Å². The quantitative estimate of drug-likeness (QED) is 0.437. The molecule has 0 aromatic rings. The van der Waals surface area contributed by atoms with Gasteiger partial charge in [0.2, 0.25) is 0 Å². The molecule has 2 heterocycles. The van der Waals surface area contributed by atoms with Crippen molar-refractivity contribution in [1.29, 1.82) is 0 Å². The third-order valence-corrected chi connectivity index (χ3v) is 3.65. The second kappa shape index (κ2) is 8.16. The van der Waals surface area contributed by atoms with E-state index in [9.17, 15) is 0 Å². The molecule has 5 nitrogen and oxygen atoms in total. The first-order chi connectivity index (χ1) is 8.33. The summed E-state index contributed by atoms with van der Waals surface area (Å²) in [5, 5.41) is 3.15. The highest BCUT2D eigenvalue weighted by Crippen LogP contribution is 2.15. The summed E-state index contributed by atoms with van der Waals surface area (Å²) in [6.45, 7) is 7.53. The van der Waals surface area contributed by atoms with E-state index in [1.54, 1.807) is 0 Å². The van der Waals surface area contributed by atoms with Gasteiger partial charge in [0, 0.05) is 53.4 Å². The van der Waals surface area contributed by atoms with Crippen LogP contribution in [0.25, 0.3) is 0 Å². The topological polar surface area (TPSA) is 40.1 Å². The molecule has 0 amide bonds. The molecule has 1 unspecified atom stereocenters. The molecule has 106 valence electrons. The fourth-order valence-corrected chi connectivity index (χ4v) is 2.65. The smallest absolute Gasteiger partial charge is 0.193 e. The second-order valence-corrected chi connectivity index (χ2v) is 4.81. The molecular formula is C12H25IN4O. The first-order valence-electron chi connectivity index (χ1n) is 6.53. The second-order valence-electron chi connectivity index (χ2n) is 4.81. The van der Waals surface area contributed by atoms with E-state index in [2.05, 4.69) is 20.1 Å². The van der Waals surface area contributed by atoms with Gasteiger partial charge >= 0.3 is 0 Å². The van der Waals surface area contributed by atoms with E-state index < -0.39 is 0 Å². The van der Waals surface area contributed by atoms with Crippen molar-refractivity contribution < 1.29 is 4.74 Å². The zero-order valence-electron chi connectivity index (χ0n) is 11.4. The van der Waals surface area contributed by atoms with Crippen molar-refractivity contribution >= 4 is 29.9 Å². The van der Waals surface area contributed by atoms with Crippen LogP contribution in [0.3, 0.4) is 0 Å². The number of aliphatic imine (C=N–C) groups is 1. The average Bonchev–Trinajstić information content (AvgIpc) is 2.86. The fraction of sp³-hybridized carbons (Fsp3) is 0.917. The number of rotatable bonds is 2. The van der Waals surface area contributed by atoms with E-state index in [1.165, 1.54) is 13.0 Å². The van der Waals surface area contributed by atoms with Gasteiger partial charge in [-0.2, -0.15) is 0 Å². The number of hydrogen-bond donors (Lipinski definition) is 1. The molecule has 0 aromatic carbocycles. The van der Waals surface area contributed by atoms with Gasteiger partial charge in [0.25, 0.3) is 0 Å². The van der Waals surface area contributed by atoms with Gasteiger partial charge < -0.3 is 15.0 Å². The molecular weight excluding hydrogens is 343 g/mol. The summed E-state index contributed by atoms with van der Waals surface area (Å²) in [6, 6.07) is 0. The van der Waals surface area contributed by atoms with E-state index in [0.29, 0.717) is 0 Å². The first kappa shape index (κ1) is 16.0.